The van der Waals surface area contributed by atoms with Crippen molar-refractivity contribution in [2.24, 2.45) is 0 Å². The Kier molecular flexibility index (Phi) is 5.35. The van der Waals surface area contributed by atoms with Crippen LogP contribution < -0.4 is 14.8 Å². The Morgan fingerprint density at radius 2 is 1.74 bits per heavy atom. The van der Waals surface area contributed by atoms with Gasteiger partial charge in [0.15, 0.2) is 17.6 Å². The molecule has 0 radical (unpaired) electrons. The molecular weight excluding hydrogens is 346 g/mol. The minimum Gasteiger partial charge on any atom is -0.485 e. The third-order valence-electron chi connectivity index (χ3n) is 4.36. The molecule has 1 N–H and O–H groups in total. The topological polar surface area (TPSA) is 73.9 Å². The van der Waals surface area contributed by atoms with E-state index in [1.807, 2.05) is 39.0 Å². The van der Waals surface area contributed by atoms with E-state index in [9.17, 15) is 9.59 Å². The molecule has 0 aliphatic carbocycles. The predicted molar refractivity (Wildman–Crippen MR) is 101 cm³/mol. The second-order valence-corrected chi connectivity index (χ2v) is 6.71. The number of nitrogens with one attached hydrogen (secondary N) is 1. The summed E-state index contributed by atoms with van der Waals surface area (Å²) in [6.45, 7) is 7.43. The number of para-hydroxylation sites is 2. The van der Waals surface area contributed by atoms with Crippen LogP contribution in [0.25, 0.3) is 0 Å². The van der Waals surface area contributed by atoms with Gasteiger partial charge in [0, 0.05) is 5.69 Å². The van der Waals surface area contributed by atoms with Crippen molar-refractivity contribution in [3.63, 3.8) is 0 Å². The van der Waals surface area contributed by atoms with Gasteiger partial charge in [0.25, 0.3) is 5.91 Å². The minimum atomic E-state index is -0.960. The molecule has 3 rings (SSSR count). The van der Waals surface area contributed by atoms with Crippen LogP contribution in [-0.4, -0.2) is 30.7 Å². The highest BCUT2D eigenvalue weighted by molar-refractivity contribution is 5.96. The molecule has 1 aliphatic heterocycles. The van der Waals surface area contributed by atoms with Gasteiger partial charge >= 0.3 is 5.97 Å². The first-order valence-corrected chi connectivity index (χ1v) is 8.83. The van der Waals surface area contributed by atoms with Crippen LogP contribution in [0.5, 0.6) is 11.5 Å². The number of fused-ring (bicyclic) bond motifs is 1. The van der Waals surface area contributed by atoms with Crippen LogP contribution in [0.4, 0.5) is 5.69 Å². The molecule has 0 aromatic heterocycles. The van der Waals surface area contributed by atoms with Crippen molar-refractivity contribution in [3.8, 4) is 11.5 Å². The summed E-state index contributed by atoms with van der Waals surface area (Å²) in [5.41, 5.74) is 3.77. The summed E-state index contributed by atoms with van der Waals surface area (Å²) in [6.07, 6.45) is -1.86. The summed E-state index contributed by atoms with van der Waals surface area (Å²) in [5.74, 6) is 0.0337. The number of rotatable bonds is 4. The van der Waals surface area contributed by atoms with E-state index < -0.39 is 24.1 Å². The number of esters is 1. The fraction of sp³-hybridized carbons (Fsp3) is 0.333. The van der Waals surface area contributed by atoms with Crippen molar-refractivity contribution in [2.45, 2.75) is 39.9 Å². The Balaban J connectivity index is 1.61. The molecule has 2 aromatic carbocycles. The first-order valence-electron chi connectivity index (χ1n) is 8.83. The van der Waals surface area contributed by atoms with Gasteiger partial charge in [-0.15, -0.1) is 0 Å². The van der Waals surface area contributed by atoms with Crippen molar-refractivity contribution in [3.05, 3.63) is 53.1 Å². The van der Waals surface area contributed by atoms with Gasteiger partial charge in [-0.25, -0.2) is 4.79 Å². The van der Waals surface area contributed by atoms with Crippen molar-refractivity contribution < 1.29 is 23.8 Å². The Morgan fingerprint density at radius 3 is 2.41 bits per heavy atom. The van der Waals surface area contributed by atoms with Gasteiger partial charge < -0.3 is 19.5 Å². The molecule has 6 heteroatoms. The third-order valence-corrected chi connectivity index (χ3v) is 4.36. The third kappa shape index (κ3) is 4.22. The number of anilines is 1. The van der Waals surface area contributed by atoms with E-state index in [4.69, 9.17) is 14.2 Å². The second kappa shape index (κ2) is 7.70. The van der Waals surface area contributed by atoms with Gasteiger partial charge in [0.05, 0.1) is 0 Å². The molecule has 0 bridgehead atoms. The van der Waals surface area contributed by atoms with E-state index in [0.717, 1.165) is 22.4 Å². The fourth-order valence-electron chi connectivity index (χ4n) is 3.04. The van der Waals surface area contributed by atoms with Crippen LogP contribution in [0.15, 0.2) is 36.4 Å². The highest BCUT2D eigenvalue weighted by Gasteiger charge is 2.31. The van der Waals surface area contributed by atoms with E-state index in [0.29, 0.717) is 11.5 Å². The Bertz CT molecular complexity index is 854. The van der Waals surface area contributed by atoms with E-state index in [2.05, 4.69) is 5.32 Å². The number of carbonyl (C=O) groups excluding carboxylic acids is 2. The Hall–Kier alpha value is -3.02. The molecule has 1 amide bonds. The SMILES string of the molecule is Cc1cc(C)c(NC(=O)[C@H](C)OC(=O)[C@@H]2COc3ccccc3O2)c(C)c1. The summed E-state index contributed by atoms with van der Waals surface area (Å²) in [4.78, 5) is 24.8. The van der Waals surface area contributed by atoms with Gasteiger partial charge in [-0.05, 0) is 51.0 Å². The molecule has 6 nitrogen and oxygen atoms in total. The lowest BCUT2D eigenvalue weighted by Gasteiger charge is -2.26. The standard InChI is InChI=1S/C21H23NO5/c1-12-9-13(2)19(14(3)10-12)22-20(23)15(4)26-21(24)18-11-25-16-7-5-6-8-17(16)27-18/h5-10,15,18H,11H2,1-4H3,(H,22,23)/t15-,18-/m0/s1. The summed E-state index contributed by atoms with van der Waals surface area (Å²) in [6, 6.07) is 11.1. The van der Waals surface area contributed by atoms with Crippen molar-refractivity contribution in [1.82, 2.24) is 0 Å². The lowest BCUT2D eigenvalue weighted by atomic mass is 10.0. The van der Waals surface area contributed by atoms with Gasteiger partial charge in [-0.1, -0.05) is 29.8 Å². The molecule has 142 valence electrons. The van der Waals surface area contributed by atoms with Gasteiger partial charge in [-0.3, -0.25) is 4.79 Å². The summed E-state index contributed by atoms with van der Waals surface area (Å²) in [7, 11) is 0. The molecule has 1 heterocycles. The largest absolute Gasteiger partial charge is 0.485 e. The number of hydrogen-bond acceptors (Lipinski definition) is 5. The molecular formula is C21H23NO5. The smallest absolute Gasteiger partial charge is 0.351 e. The average molecular weight is 369 g/mol. The van der Waals surface area contributed by atoms with Crippen LogP contribution >= 0.6 is 0 Å². The zero-order chi connectivity index (χ0) is 19.6. The van der Waals surface area contributed by atoms with Crippen LogP contribution in [0.3, 0.4) is 0 Å². The zero-order valence-electron chi connectivity index (χ0n) is 15.9. The lowest BCUT2D eigenvalue weighted by Crippen LogP contribution is -2.41. The van der Waals surface area contributed by atoms with Gasteiger partial charge in [0.1, 0.15) is 6.61 Å². The second-order valence-electron chi connectivity index (χ2n) is 6.71. The predicted octanol–water partition coefficient (Wildman–Crippen LogP) is 3.32. The van der Waals surface area contributed by atoms with E-state index in [1.165, 1.54) is 6.92 Å². The maximum Gasteiger partial charge on any atom is 0.351 e. The van der Waals surface area contributed by atoms with E-state index >= 15 is 0 Å². The Morgan fingerprint density at radius 1 is 1.11 bits per heavy atom. The molecule has 0 unspecified atom stereocenters. The van der Waals surface area contributed by atoms with Crippen molar-refractivity contribution in [1.29, 1.82) is 0 Å². The van der Waals surface area contributed by atoms with Gasteiger partial charge in [-0.2, -0.15) is 0 Å². The van der Waals surface area contributed by atoms with Gasteiger partial charge in [0.2, 0.25) is 6.10 Å². The summed E-state index contributed by atoms with van der Waals surface area (Å²) in [5, 5.41) is 2.84. The molecule has 27 heavy (non-hydrogen) atoms. The first kappa shape index (κ1) is 18.8. The van der Waals surface area contributed by atoms with E-state index in [1.54, 1.807) is 18.2 Å². The summed E-state index contributed by atoms with van der Waals surface area (Å²) < 4.78 is 16.4. The van der Waals surface area contributed by atoms with Crippen molar-refractivity contribution in [2.75, 3.05) is 11.9 Å². The van der Waals surface area contributed by atoms with Crippen LogP contribution in [0, 0.1) is 20.8 Å². The molecule has 1 aliphatic rings. The highest BCUT2D eigenvalue weighted by Crippen LogP contribution is 2.31. The highest BCUT2D eigenvalue weighted by atomic mass is 16.6. The molecule has 0 saturated carbocycles. The lowest BCUT2D eigenvalue weighted by molar-refractivity contribution is -0.162. The average Bonchev–Trinajstić information content (AvgIpc) is 2.63. The first-order chi connectivity index (χ1) is 12.8. The molecule has 2 aromatic rings. The van der Waals surface area contributed by atoms with Crippen LogP contribution in [0.1, 0.15) is 23.6 Å². The molecule has 0 spiro atoms. The minimum absolute atomic E-state index is 0.0420. The number of amides is 1. The maximum atomic E-state index is 12.5. The molecule has 0 fully saturated rings. The number of hydrogen-bond donors (Lipinski definition) is 1. The zero-order valence-corrected chi connectivity index (χ0v) is 15.9. The molecule has 0 saturated heterocycles. The number of aryl methyl sites for hydroxylation is 3. The maximum absolute atomic E-state index is 12.5. The Labute approximate surface area is 158 Å². The number of ether oxygens (including phenoxy) is 3. The number of benzene rings is 2. The molecule has 2 atom stereocenters. The van der Waals surface area contributed by atoms with Crippen LogP contribution in [0.2, 0.25) is 0 Å². The monoisotopic (exact) mass is 369 g/mol. The van der Waals surface area contributed by atoms with E-state index in [-0.39, 0.29) is 6.61 Å². The number of carbonyl (C=O) groups is 2. The quantitative estimate of drug-likeness (QED) is 0.837. The summed E-state index contributed by atoms with van der Waals surface area (Å²) >= 11 is 0. The van der Waals surface area contributed by atoms with Crippen molar-refractivity contribution >= 4 is 17.6 Å². The normalized spacial score (nSPS) is 16.4. The van der Waals surface area contributed by atoms with Crippen LogP contribution in [-0.2, 0) is 14.3 Å². The fourth-order valence-corrected chi connectivity index (χ4v) is 3.04.